The third kappa shape index (κ3) is 3.67. The SMILES string of the molecule is COc1ccc(NC(=O)Cn2nnc(-c3cccnc3)n2)cc1. The van der Waals surface area contributed by atoms with Crippen LogP contribution < -0.4 is 10.1 Å². The summed E-state index contributed by atoms with van der Waals surface area (Å²) < 4.78 is 5.06. The van der Waals surface area contributed by atoms with E-state index in [0.717, 1.165) is 11.3 Å². The van der Waals surface area contributed by atoms with E-state index in [1.165, 1.54) is 4.80 Å². The van der Waals surface area contributed by atoms with Crippen LogP contribution in [-0.2, 0) is 11.3 Å². The number of pyridine rings is 1. The summed E-state index contributed by atoms with van der Waals surface area (Å²) >= 11 is 0. The monoisotopic (exact) mass is 310 g/mol. The van der Waals surface area contributed by atoms with Crippen molar-refractivity contribution in [1.29, 1.82) is 0 Å². The fraction of sp³-hybridized carbons (Fsp3) is 0.133. The Morgan fingerprint density at radius 1 is 1.26 bits per heavy atom. The van der Waals surface area contributed by atoms with Gasteiger partial charge in [0, 0.05) is 23.6 Å². The average molecular weight is 310 g/mol. The number of ether oxygens (including phenoxy) is 1. The molecule has 116 valence electrons. The largest absolute Gasteiger partial charge is 0.497 e. The van der Waals surface area contributed by atoms with Gasteiger partial charge in [-0.15, -0.1) is 10.2 Å². The summed E-state index contributed by atoms with van der Waals surface area (Å²) in [7, 11) is 1.59. The third-order valence-corrected chi connectivity index (χ3v) is 3.03. The Bertz CT molecular complexity index is 785. The number of anilines is 1. The highest BCUT2D eigenvalue weighted by Crippen LogP contribution is 2.15. The molecular weight excluding hydrogens is 296 g/mol. The quantitative estimate of drug-likeness (QED) is 0.765. The molecule has 23 heavy (non-hydrogen) atoms. The Labute approximate surface area is 132 Å². The lowest BCUT2D eigenvalue weighted by atomic mass is 10.3. The number of nitrogens with one attached hydrogen (secondary N) is 1. The highest BCUT2D eigenvalue weighted by Gasteiger charge is 2.09. The van der Waals surface area contributed by atoms with Crippen molar-refractivity contribution >= 4 is 11.6 Å². The number of rotatable bonds is 5. The van der Waals surface area contributed by atoms with Gasteiger partial charge in [0.25, 0.3) is 0 Å². The summed E-state index contributed by atoms with van der Waals surface area (Å²) in [5, 5.41) is 14.7. The predicted octanol–water partition coefficient (Wildman–Crippen LogP) is 1.38. The standard InChI is InChI=1S/C15H14N6O2/c1-23-13-6-4-12(5-7-13)17-14(22)10-21-19-15(18-20-21)11-3-2-8-16-9-11/h2-9H,10H2,1H3,(H,17,22). The molecule has 0 spiro atoms. The molecule has 1 aromatic carbocycles. The lowest BCUT2D eigenvalue weighted by Crippen LogP contribution is -2.20. The molecule has 0 bridgehead atoms. The van der Waals surface area contributed by atoms with Crippen molar-refractivity contribution < 1.29 is 9.53 Å². The lowest BCUT2D eigenvalue weighted by molar-refractivity contribution is -0.117. The molecule has 0 aliphatic rings. The molecule has 8 nitrogen and oxygen atoms in total. The first kappa shape index (κ1) is 14.6. The molecule has 0 saturated carbocycles. The van der Waals surface area contributed by atoms with Gasteiger partial charge in [-0.1, -0.05) is 0 Å². The van der Waals surface area contributed by atoms with Gasteiger partial charge in [0.1, 0.15) is 12.3 Å². The van der Waals surface area contributed by atoms with Crippen LogP contribution in [0.15, 0.2) is 48.8 Å². The Morgan fingerprint density at radius 3 is 2.78 bits per heavy atom. The zero-order valence-electron chi connectivity index (χ0n) is 12.4. The zero-order valence-corrected chi connectivity index (χ0v) is 12.4. The number of nitrogens with zero attached hydrogens (tertiary/aromatic N) is 5. The first-order chi connectivity index (χ1) is 11.2. The molecule has 3 rings (SSSR count). The highest BCUT2D eigenvalue weighted by atomic mass is 16.5. The number of benzene rings is 1. The van der Waals surface area contributed by atoms with Crippen molar-refractivity contribution in [3.63, 3.8) is 0 Å². The third-order valence-electron chi connectivity index (χ3n) is 3.03. The minimum atomic E-state index is -0.245. The topological polar surface area (TPSA) is 94.8 Å². The van der Waals surface area contributed by atoms with Crippen LogP contribution >= 0.6 is 0 Å². The van der Waals surface area contributed by atoms with Crippen LogP contribution in [0.1, 0.15) is 0 Å². The highest BCUT2D eigenvalue weighted by molar-refractivity contribution is 5.90. The molecule has 1 N–H and O–H groups in total. The molecule has 0 saturated heterocycles. The van der Waals surface area contributed by atoms with Gasteiger partial charge in [-0.05, 0) is 41.6 Å². The number of tetrazole rings is 1. The van der Waals surface area contributed by atoms with Crippen LogP contribution in [-0.4, -0.2) is 38.2 Å². The van der Waals surface area contributed by atoms with E-state index >= 15 is 0 Å². The maximum Gasteiger partial charge on any atom is 0.248 e. The zero-order chi connectivity index (χ0) is 16.1. The van der Waals surface area contributed by atoms with Crippen LogP contribution in [0.25, 0.3) is 11.4 Å². The summed E-state index contributed by atoms with van der Waals surface area (Å²) in [6, 6.07) is 10.7. The summed E-state index contributed by atoms with van der Waals surface area (Å²) in [5.74, 6) is 0.905. The van der Waals surface area contributed by atoms with Crippen LogP contribution in [0.3, 0.4) is 0 Å². The molecule has 2 heterocycles. The van der Waals surface area contributed by atoms with Gasteiger partial charge in [-0.3, -0.25) is 9.78 Å². The maximum atomic E-state index is 12.0. The molecule has 1 amide bonds. The molecule has 0 atom stereocenters. The molecule has 3 aromatic rings. The summed E-state index contributed by atoms with van der Waals surface area (Å²) in [4.78, 5) is 17.2. The number of amides is 1. The van der Waals surface area contributed by atoms with Gasteiger partial charge < -0.3 is 10.1 Å². The fourth-order valence-electron chi connectivity index (χ4n) is 1.92. The van der Waals surface area contributed by atoms with Gasteiger partial charge in [-0.2, -0.15) is 4.80 Å². The maximum absolute atomic E-state index is 12.0. The Kier molecular flexibility index (Phi) is 4.23. The number of aromatic nitrogens is 5. The Morgan fingerprint density at radius 2 is 2.09 bits per heavy atom. The van der Waals surface area contributed by atoms with E-state index in [2.05, 4.69) is 25.7 Å². The second-order valence-electron chi connectivity index (χ2n) is 4.66. The number of carbonyl (C=O) groups is 1. The number of methoxy groups -OCH3 is 1. The molecule has 0 fully saturated rings. The molecule has 2 aromatic heterocycles. The molecular formula is C15H14N6O2. The van der Waals surface area contributed by atoms with Crippen molar-refractivity contribution in [2.75, 3.05) is 12.4 Å². The van der Waals surface area contributed by atoms with Crippen LogP contribution in [0, 0.1) is 0 Å². The van der Waals surface area contributed by atoms with Crippen LogP contribution in [0.2, 0.25) is 0 Å². The van der Waals surface area contributed by atoms with Crippen molar-refractivity contribution in [1.82, 2.24) is 25.2 Å². The Hall–Kier alpha value is -3.29. The number of hydrogen-bond acceptors (Lipinski definition) is 6. The average Bonchev–Trinajstić information content (AvgIpc) is 3.04. The van der Waals surface area contributed by atoms with Crippen molar-refractivity contribution in [2.45, 2.75) is 6.54 Å². The van der Waals surface area contributed by atoms with E-state index in [1.54, 1.807) is 49.8 Å². The normalized spacial score (nSPS) is 10.3. The van der Waals surface area contributed by atoms with E-state index in [4.69, 9.17) is 4.74 Å². The smallest absolute Gasteiger partial charge is 0.248 e. The molecule has 0 radical (unpaired) electrons. The van der Waals surface area contributed by atoms with Gasteiger partial charge in [0.2, 0.25) is 11.7 Å². The lowest BCUT2D eigenvalue weighted by Gasteiger charge is -2.05. The van der Waals surface area contributed by atoms with E-state index in [1.807, 2.05) is 6.07 Å². The van der Waals surface area contributed by atoms with Crippen LogP contribution in [0.5, 0.6) is 5.75 Å². The van der Waals surface area contributed by atoms with E-state index in [9.17, 15) is 4.79 Å². The van der Waals surface area contributed by atoms with E-state index < -0.39 is 0 Å². The van der Waals surface area contributed by atoms with E-state index in [-0.39, 0.29) is 12.5 Å². The first-order valence-corrected chi connectivity index (χ1v) is 6.87. The van der Waals surface area contributed by atoms with Gasteiger partial charge in [0.05, 0.1) is 7.11 Å². The second-order valence-corrected chi connectivity index (χ2v) is 4.66. The van der Waals surface area contributed by atoms with Crippen LogP contribution in [0.4, 0.5) is 5.69 Å². The second kappa shape index (κ2) is 6.65. The first-order valence-electron chi connectivity index (χ1n) is 6.87. The van der Waals surface area contributed by atoms with Gasteiger partial charge >= 0.3 is 0 Å². The van der Waals surface area contributed by atoms with Crippen molar-refractivity contribution in [3.05, 3.63) is 48.8 Å². The molecule has 0 aliphatic carbocycles. The van der Waals surface area contributed by atoms with Gasteiger partial charge in [-0.25, -0.2) is 0 Å². The number of carbonyl (C=O) groups excluding carboxylic acids is 1. The molecule has 0 aliphatic heterocycles. The number of hydrogen-bond donors (Lipinski definition) is 1. The molecule has 8 heteroatoms. The van der Waals surface area contributed by atoms with Gasteiger partial charge in [0.15, 0.2) is 0 Å². The molecule has 0 unspecified atom stereocenters. The fourth-order valence-corrected chi connectivity index (χ4v) is 1.92. The summed E-state index contributed by atoms with van der Waals surface area (Å²) in [6.45, 7) is -0.0285. The summed E-state index contributed by atoms with van der Waals surface area (Å²) in [5.41, 5.74) is 1.41. The van der Waals surface area contributed by atoms with E-state index in [0.29, 0.717) is 11.5 Å². The summed E-state index contributed by atoms with van der Waals surface area (Å²) in [6.07, 6.45) is 3.30. The predicted molar refractivity (Wildman–Crippen MR) is 82.7 cm³/mol. The van der Waals surface area contributed by atoms with Crippen molar-refractivity contribution in [3.8, 4) is 17.1 Å². The Balaban J connectivity index is 1.63. The minimum Gasteiger partial charge on any atom is -0.497 e. The minimum absolute atomic E-state index is 0.0285. The van der Waals surface area contributed by atoms with Crippen molar-refractivity contribution in [2.24, 2.45) is 0 Å².